The fraction of sp³-hybridized carbons (Fsp3) is 0.167. The Labute approximate surface area is 171 Å². The monoisotopic (exact) mass is 436 g/mol. The SMILES string of the molecule is O=C(NC1CC1)c1ccccc1NS(=O)(=O)c1ccc2nc(Cl)c(Cl)nc2c1. The molecule has 0 unspecified atom stereocenters. The zero-order chi connectivity index (χ0) is 19.9. The van der Waals surface area contributed by atoms with E-state index in [0.29, 0.717) is 5.52 Å². The number of hydrogen-bond donors (Lipinski definition) is 2. The van der Waals surface area contributed by atoms with Crippen molar-refractivity contribution in [1.82, 2.24) is 15.3 Å². The van der Waals surface area contributed by atoms with Crippen LogP contribution in [-0.2, 0) is 10.0 Å². The van der Waals surface area contributed by atoms with Crippen molar-refractivity contribution in [3.63, 3.8) is 0 Å². The van der Waals surface area contributed by atoms with Crippen molar-refractivity contribution in [1.29, 1.82) is 0 Å². The number of benzene rings is 2. The number of nitrogens with one attached hydrogen (secondary N) is 2. The molecule has 1 saturated carbocycles. The third-order valence-corrected chi connectivity index (χ3v) is 6.18. The van der Waals surface area contributed by atoms with Gasteiger partial charge in [-0.1, -0.05) is 35.3 Å². The largest absolute Gasteiger partial charge is 0.349 e. The summed E-state index contributed by atoms with van der Waals surface area (Å²) in [6.45, 7) is 0. The van der Waals surface area contributed by atoms with Crippen LogP contribution in [0.5, 0.6) is 0 Å². The lowest BCUT2D eigenvalue weighted by Crippen LogP contribution is -2.27. The van der Waals surface area contributed by atoms with Gasteiger partial charge in [0.05, 0.1) is 27.2 Å². The molecule has 2 aromatic carbocycles. The first-order chi connectivity index (χ1) is 13.3. The van der Waals surface area contributed by atoms with Crippen molar-refractivity contribution in [2.75, 3.05) is 4.72 Å². The molecule has 0 bridgehead atoms. The quantitative estimate of drug-likeness (QED) is 0.635. The average molecular weight is 437 g/mol. The summed E-state index contributed by atoms with van der Waals surface area (Å²) in [6, 6.07) is 10.8. The molecule has 144 valence electrons. The molecular weight excluding hydrogens is 423 g/mol. The molecule has 1 aromatic heterocycles. The fourth-order valence-electron chi connectivity index (χ4n) is 2.62. The third-order valence-electron chi connectivity index (χ3n) is 4.19. The van der Waals surface area contributed by atoms with E-state index in [2.05, 4.69) is 20.0 Å². The van der Waals surface area contributed by atoms with E-state index >= 15 is 0 Å². The minimum absolute atomic E-state index is 0.0150. The topological polar surface area (TPSA) is 101 Å². The number of hydrogen-bond acceptors (Lipinski definition) is 5. The standard InChI is InChI=1S/C18H14Cl2N4O3S/c19-16-17(20)23-15-9-11(7-8-14(15)22-16)28(26,27)24-13-4-2-1-3-12(13)18(25)21-10-5-6-10/h1-4,7-10,24H,5-6H2,(H,21,25). The normalized spacial score (nSPS) is 14.1. The molecule has 1 amide bonds. The first-order valence-corrected chi connectivity index (χ1v) is 10.6. The number of halogens is 2. The Bertz CT molecular complexity index is 1200. The smallest absolute Gasteiger partial charge is 0.261 e. The maximum Gasteiger partial charge on any atom is 0.261 e. The summed E-state index contributed by atoms with van der Waals surface area (Å²) in [4.78, 5) is 20.5. The van der Waals surface area contributed by atoms with E-state index in [1.54, 1.807) is 18.2 Å². The second-order valence-corrected chi connectivity index (χ2v) is 8.75. The van der Waals surface area contributed by atoms with Gasteiger partial charge in [0.15, 0.2) is 10.3 Å². The van der Waals surface area contributed by atoms with Gasteiger partial charge in [-0.3, -0.25) is 9.52 Å². The Balaban J connectivity index is 1.67. The summed E-state index contributed by atoms with van der Waals surface area (Å²) in [5, 5.41) is 2.88. The molecule has 7 nitrogen and oxygen atoms in total. The summed E-state index contributed by atoms with van der Waals surface area (Å²) in [6.07, 6.45) is 1.87. The zero-order valence-corrected chi connectivity index (χ0v) is 16.6. The lowest BCUT2D eigenvalue weighted by molar-refractivity contribution is 0.0952. The van der Waals surface area contributed by atoms with Crippen molar-refractivity contribution in [3.8, 4) is 0 Å². The van der Waals surface area contributed by atoms with Crippen LogP contribution in [0.3, 0.4) is 0 Å². The maximum atomic E-state index is 12.9. The molecule has 1 aliphatic carbocycles. The van der Waals surface area contributed by atoms with Crippen molar-refractivity contribution < 1.29 is 13.2 Å². The van der Waals surface area contributed by atoms with Crippen LogP contribution in [0.15, 0.2) is 47.4 Å². The van der Waals surface area contributed by atoms with Crippen molar-refractivity contribution in [3.05, 3.63) is 58.3 Å². The molecule has 1 fully saturated rings. The summed E-state index contributed by atoms with van der Waals surface area (Å²) < 4.78 is 28.2. The van der Waals surface area contributed by atoms with E-state index in [-0.39, 0.29) is 43.9 Å². The molecule has 2 N–H and O–H groups in total. The van der Waals surface area contributed by atoms with Crippen LogP contribution in [-0.4, -0.2) is 30.3 Å². The van der Waals surface area contributed by atoms with E-state index in [9.17, 15) is 13.2 Å². The highest BCUT2D eigenvalue weighted by Crippen LogP contribution is 2.26. The van der Waals surface area contributed by atoms with Gasteiger partial charge in [-0.15, -0.1) is 0 Å². The van der Waals surface area contributed by atoms with Crippen molar-refractivity contribution in [2.24, 2.45) is 0 Å². The molecule has 28 heavy (non-hydrogen) atoms. The second-order valence-electron chi connectivity index (χ2n) is 6.35. The number of carbonyl (C=O) groups excluding carboxylic acids is 1. The van der Waals surface area contributed by atoms with E-state index < -0.39 is 10.0 Å². The molecular formula is C18H14Cl2N4O3S. The van der Waals surface area contributed by atoms with Crippen LogP contribution in [0.1, 0.15) is 23.2 Å². The summed E-state index contributed by atoms with van der Waals surface area (Å²) in [7, 11) is -3.97. The van der Waals surface area contributed by atoms with Gasteiger partial charge in [0.1, 0.15) is 0 Å². The number of nitrogens with zero attached hydrogens (tertiary/aromatic N) is 2. The number of carbonyl (C=O) groups is 1. The molecule has 0 spiro atoms. The number of para-hydroxylation sites is 1. The minimum Gasteiger partial charge on any atom is -0.349 e. The predicted octanol–water partition coefficient (Wildman–Crippen LogP) is 3.63. The molecule has 1 aliphatic rings. The number of fused-ring (bicyclic) bond motifs is 1. The molecule has 0 radical (unpaired) electrons. The molecule has 0 atom stereocenters. The molecule has 10 heteroatoms. The van der Waals surface area contributed by atoms with Crippen LogP contribution in [0.2, 0.25) is 10.3 Å². The Kier molecular flexibility index (Phi) is 4.86. The number of aromatic nitrogens is 2. The Morgan fingerprint density at radius 3 is 2.39 bits per heavy atom. The molecule has 3 aromatic rings. The van der Waals surface area contributed by atoms with Crippen LogP contribution < -0.4 is 10.0 Å². The predicted molar refractivity (Wildman–Crippen MR) is 107 cm³/mol. The van der Waals surface area contributed by atoms with Crippen LogP contribution >= 0.6 is 23.2 Å². The number of amides is 1. The maximum absolute atomic E-state index is 12.9. The highest BCUT2D eigenvalue weighted by atomic mass is 35.5. The Morgan fingerprint density at radius 2 is 1.68 bits per heavy atom. The number of sulfonamides is 1. The van der Waals surface area contributed by atoms with E-state index in [1.807, 2.05) is 0 Å². The first kappa shape index (κ1) is 18.9. The molecule has 0 saturated heterocycles. The van der Waals surface area contributed by atoms with Gasteiger partial charge in [0.2, 0.25) is 0 Å². The lowest BCUT2D eigenvalue weighted by atomic mass is 10.1. The number of anilines is 1. The van der Waals surface area contributed by atoms with Gasteiger partial charge in [0.25, 0.3) is 15.9 Å². The first-order valence-electron chi connectivity index (χ1n) is 8.39. The lowest BCUT2D eigenvalue weighted by Gasteiger charge is -2.13. The Hall–Kier alpha value is -2.42. The average Bonchev–Trinajstić information content (AvgIpc) is 3.46. The van der Waals surface area contributed by atoms with Crippen LogP contribution in [0.4, 0.5) is 5.69 Å². The molecule has 4 rings (SSSR count). The molecule has 0 aliphatic heterocycles. The van der Waals surface area contributed by atoms with Crippen molar-refractivity contribution >= 4 is 55.9 Å². The van der Waals surface area contributed by atoms with E-state index in [1.165, 1.54) is 24.3 Å². The fourth-order valence-corrected chi connectivity index (χ4v) is 3.99. The van der Waals surface area contributed by atoms with E-state index in [0.717, 1.165) is 12.8 Å². The minimum atomic E-state index is -3.97. The summed E-state index contributed by atoms with van der Waals surface area (Å²) in [5.41, 5.74) is 1.16. The second kappa shape index (κ2) is 7.20. The van der Waals surface area contributed by atoms with Crippen molar-refractivity contribution in [2.45, 2.75) is 23.8 Å². The van der Waals surface area contributed by atoms with Gasteiger partial charge in [-0.25, -0.2) is 18.4 Å². The van der Waals surface area contributed by atoms with Gasteiger partial charge >= 0.3 is 0 Å². The zero-order valence-electron chi connectivity index (χ0n) is 14.3. The van der Waals surface area contributed by atoms with Crippen LogP contribution in [0, 0.1) is 0 Å². The third kappa shape index (κ3) is 3.89. The summed E-state index contributed by atoms with van der Waals surface area (Å²) >= 11 is 11.7. The van der Waals surface area contributed by atoms with Gasteiger partial charge in [0, 0.05) is 6.04 Å². The summed E-state index contributed by atoms with van der Waals surface area (Å²) in [5.74, 6) is -0.313. The van der Waals surface area contributed by atoms with Gasteiger partial charge in [-0.2, -0.15) is 0 Å². The molecule has 1 heterocycles. The highest BCUT2D eigenvalue weighted by Gasteiger charge is 2.26. The van der Waals surface area contributed by atoms with Gasteiger partial charge < -0.3 is 5.32 Å². The number of rotatable bonds is 5. The Morgan fingerprint density at radius 1 is 1.00 bits per heavy atom. The van der Waals surface area contributed by atoms with Crippen LogP contribution in [0.25, 0.3) is 11.0 Å². The van der Waals surface area contributed by atoms with E-state index in [4.69, 9.17) is 23.2 Å². The highest BCUT2D eigenvalue weighted by molar-refractivity contribution is 7.92. The van der Waals surface area contributed by atoms with Gasteiger partial charge in [-0.05, 0) is 43.2 Å².